The minimum absolute atomic E-state index is 0.0159. The summed E-state index contributed by atoms with van der Waals surface area (Å²) in [6, 6.07) is 2.75. The van der Waals surface area contributed by atoms with Crippen LogP contribution < -0.4 is 15.4 Å². The maximum absolute atomic E-state index is 14.0. The van der Waals surface area contributed by atoms with Gasteiger partial charge in [-0.1, -0.05) is 12.8 Å². The maximum Gasteiger partial charge on any atom is 0.271 e. The summed E-state index contributed by atoms with van der Waals surface area (Å²) in [5.41, 5.74) is -1.44. The molecule has 4 heterocycles. The van der Waals surface area contributed by atoms with E-state index in [0.717, 1.165) is 12.8 Å². The first-order valence-corrected chi connectivity index (χ1v) is 14.1. The van der Waals surface area contributed by atoms with E-state index in [4.69, 9.17) is 4.74 Å². The van der Waals surface area contributed by atoms with Crippen molar-refractivity contribution in [2.75, 3.05) is 18.9 Å². The molecule has 222 valence electrons. The zero-order chi connectivity index (χ0) is 30.4. The summed E-state index contributed by atoms with van der Waals surface area (Å²) in [4.78, 5) is 60.4. The van der Waals surface area contributed by atoms with E-state index in [9.17, 15) is 24.4 Å². The molecule has 2 fully saturated rings. The van der Waals surface area contributed by atoms with Crippen molar-refractivity contribution < 1.29 is 23.9 Å². The molecule has 1 spiro atoms. The summed E-state index contributed by atoms with van der Waals surface area (Å²) in [6.45, 7) is 7.31. The molecular formula is C29H36N8O5. The Morgan fingerprint density at radius 3 is 2.71 bits per heavy atom. The molecular weight excluding hydrogens is 540 g/mol. The van der Waals surface area contributed by atoms with Crippen molar-refractivity contribution in [2.45, 2.75) is 82.6 Å². The van der Waals surface area contributed by atoms with Crippen LogP contribution in [0.4, 0.5) is 5.82 Å². The molecule has 5 rings (SSSR count). The molecule has 1 saturated heterocycles. The number of pyridine rings is 1. The summed E-state index contributed by atoms with van der Waals surface area (Å²) in [6.07, 6.45) is 6.89. The molecule has 2 N–H and O–H groups in total. The van der Waals surface area contributed by atoms with Crippen LogP contribution >= 0.6 is 0 Å². The number of ether oxygens (including phenoxy) is 1. The van der Waals surface area contributed by atoms with Crippen molar-refractivity contribution in [3.63, 3.8) is 0 Å². The van der Waals surface area contributed by atoms with Gasteiger partial charge >= 0.3 is 0 Å². The Hall–Kier alpha value is -4.47. The Labute approximate surface area is 244 Å². The molecule has 3 aliphatic rings. The van der Waals surface area contributed by atoms with Gasteiger partial charge < -0.3 is 25.2 Å². The molecule has 0 bridgehead atoms. The average molecular weight is 577 g/mol. The lowest BCUT2D eigenvalue weighted by Gasteiger charge is -2.35. The smallest absolute Gasteiger partial charge is 0.271 e. The predicted octanol–water partition coefficient (Wildman–Crippen LogP) is 1.67. The van der Waals surface area contributed by atoms with Crippen LogP contribution in [0.3, 0.4) is 0 Å². The Bertz CT molecular complexity index is 1450. The fourth-order valence-corrected chi connectivity index (χ4v) is 5.40. The summed E-state index contributed by atoms with van der Waals surface area (Å²) in [5, 5.41) is 19.7. The predicted molar refractivity (Wildman–Crippen MR) is 150 cm³/mol. The molecule has 4 unspecified atom stereocenters. The normalized spacial score (nSPS) is 22.8. The van der Waals surface area contributed by atoms with Crippen LogP contribution in [0, 0.1) is 17.2 Å². The van der Waals surface area contributed by atoms with Gasteiger partial charge in [0.25, 0.3) is 11.8 Å². The van der Waals surface area contributed by atoms with Crippen molar-refractivity contribution in [1.82, 2.24) is 29.9 Å². The molecule has 4 atom stereocenters. The minimum atomic E-state index is -1.45. The Morgan fingerprint density at radius 1 is 1.33 bits per heavy atom. The fourth-order valence-electron chi connectivity index (χ4n) is 5.40. The molecule has 13 nitrogen and oxygen atoms in total. The summed E-state index contributed by atoms with van der Waals surface area (Å²) >= 11 is 0. The van der Waals surface area contributed by atoms with E-state index in [1.165, 1.54) is 29.2 Å². The second-order valence-corrected chi connectivity index (χ2v) is 12.4. The molecule has 2 aromatic rings. The zero-order valence-corrected chi connectivity index (χ0v) is 24.5. The van der Waals surface area contributed by atoms with Crippen LogP contribution in [-0.4, -0.2) is 85.5 Å². The number of carbonyl (C=O) groups is 4. The average Bonchev–Trinajstić information content (AvgIpc) is 3.47. The number of carbonyl (C=O) groups excluding carboxylic acids is 4. The number of likely N-dealkylation sites (N-methyl/N-ethyl adjacent to an activating group) is 1. The number of nitrogens with zero attached hydrogens (tertiary/aromatic N) is 6. The lowest BCUT2D eigenvalue weighted by molar-refractivity contribution is -0.146. The molecule has 42 heavy (non-hydrogen) atoms. The number of hydrogen-bond acceptors (Lipinski definition) is 8. The van der Waals surface area contributed by atoms with E-state index < -0.39 is 47.4 Å². The van der Waals surface area contributed by atoms with E-state index in [2.05, 4.69) is 26.8 Å². The van der Waals surface area contributed by atoms with E-state index in [1.807, 2.05) is 20.8 Å². The maximum atomic E-state index is 14.0. The van der Waals surface area contributed by atoms with Crippen molar-refractivity contribution >= 4 is 29.4 Å². The largest absolute Gasteiger partial charge is 0.472 e. The number of nitrogens with one attached hydrogen (secondary N) is 2. The van der Waals surface area contributed by atoms with E-state index in [1.54, 1.807) is 29.9 Å². The third kappa shape index (κ3) is 5.53. The number of aromatic nitrogens is 3. The van der Waals surface area contributed by atoms with Gasteiger partial charge in [-0.05, 0) is 52.2 Å². The van der Waals surface area contributed by atoms with Gasteiger partial charge in [-0.25, -0.2) is 4.98 Å². The molecule has 4 amide bonds. The van der Waals surface area contributed by atoms with Gasteiger partial charge in [-0.2, -0.15) is 10.4 Å². The SMILES string of the molecule is CC(NC(=O)c1cnn(C(C)(C)C)c1)C(=O)N(C)C(CC1CC1)C(=O)N1CC2(CC1C#N)Oc1cccnc1NC2=O. The molecule has 2 aromatic heterocycles. The van der Waals surface area contributed by atoms with Crippen LogP contribution in [0.5, 0.6) is 5.75 Å². The van der Waals surface area contributed by atoms with Gasteiger partial charge in [0.2, 0.25) is 17.4 Å². The highest BCUT2D eigenvalue weighted by atomic mass is 16.5. The van der Waals surface area contributed by atoms with Gasteiger partial charge in [-0.15, -0.1) is 0 Å². The van der Waals surface area contributed by atoms with E-state index >= 15 is 0 Å². The Morgan fingerprint density at radius 2 is 2.07 bits per heavy atom. The van der Waals surface area contributed by atoms with Crippen molar-refractivity contribution in [3.05, 3.63) is 36.3 Å². The standard InChI is InChI=1S/C29H36N8O5/c1-17(33-24(38)19-14-32-37(15-19)28(2,3)4)25(39)35(5)21(11-18-8-9-18)26(40)36-16-29(12-20(36)13-30)27(41)34-23-22(42-29)7-6-10-31-23/h6-7,10,14-15,17-18,20-21H,8-9,11-12,16H2,1-5H3,(H,33,38)(H,31,34,41). The van der Waals surface area contributed by atoms with Gasteiger partial charge in [-0.3, -0.25) is 23.9 Å². The third-order valence-electron chi connectivity index (χ3n) is 8.08. The molecule has 1 saturated carbocycles. The number of fused-ring (bicyclic) bond motifs is 1. The first kappa shape index (κ1) is 29.0. The second kappa shape index (κ2) is 10.7. The van der Waals surface area contributed by atoms with E-state index in [-0.39, 0.29) is 30.2 Å². The second-order valence-electron chi connectivity index (χ2n) is 12.4. The van der Waals surface area contributed by atoms with Crippen LogP contribution in [-0.2, 0) is 19.9 Å². The zero-order valence-electron chi connectivity index (χ0n) is 24.5. The number of likely N-dealkylation sites (tertiary alicyclic amines) is 1. The van der Waals surface area contributed by atoms with Crippen LogP contribution in [0.1, 0.15) is 63.7 Å². The highest BCUT2D eigenvalue weighted by Crippen LogP contribution is 2.40. The Balaban J connectivity index is 1.31. The van der Waals surface area contributed by atoms with Crippen LogP contribution in [0.2, 0.25) is 0 Å². The number of nitriles is 1. The van der Waals surface area contributed by atoms with Gasteiger partial charge in [0.1, 0.15) is 18.1 Å². The minimum Gasteiger partial charge on any atom is -0.472 e. The first-order chi connectivity index (χ1) is 19.8. The number of amides is 4. The lowest BCUT2D eigenvalue weighted by Crippen LogP contribution is -2.57. The summed E-state index contributed by atoms with van der Waals surface area (Å²) < 4.78 is 7.75. The summed E-state index contributed by atoms with van der Waals surface area (Å²) in [7, 11) is 1.53. The molecule has 1 aliphatic carbocycles. The first-order valence-electron chi connectivity index (χ1n) is 14.1. The number of hydrogen-bond donors (Lipinski definition) is 2. The van der Waals surface area contributed by atoms with Gasteiger partial charge in [0.15, 0.2) is 11.6 Å². The van der Waals surface area contributed by atoms with Gasteiger partial charge in [0, 0.05) is 25.9 Å². The lowest BCUT2D eigenvalue weighted by atomic mass is 9.97. The molecule has 0 aromatic carbocycles. The molecule has 2 aliphatic heterocycles. The third-order valence-corrected chi connectivity index (χ3v) is 8.08. The summed E-state index contributed by atoms with van der Waals surface area (Å²) in [5.74, 6) is -0.886. The topological polar surface area (TPSA) is 163 Å². The van der Waals surface area contributed by atoms with Crippen LogP contribution in [0.15, 0.2) is 30.7 Å². The van der Waals surface area contributed by atoms with Gasteiger partial charge in [0.05, 0.1) is 29.9 Å². The number of rotatable bonds is 7. The van der Waals surface area contributed by atoms with Crippen LogP contribution in [0.25, 0.3) is 0 Å². The fraction of sp³-hybridized carbons (Fsp3) is 0.552. The molecule has 13 heteroatoms. The van der Waals surface area contributed by atoms with Crippen molar-refractivity contribution in [2.24, 2.45) is 5.92 Å². The van der Waals surface area contributed by atoms with Crippen molar-refractivity contribution in [3.8, 4) is 11.8 Å². The van der Waals surface area contributed by atoms with Crippen molar-refractivity contribution in [1.29, 1.82) is 5.26 Å². The Kier molecular flexibility index (Phi) is 7.42. The monoisotopic (exact) mass is 576 g/mol. The molecule has 0 radical (unpaired) electrons. The van der Waals surface area contributed by atoms with E-state index in [0.29, 0.717) is 17.7 Å². The number of anilines is 1. The highest BCUT2D eigenvalue weighted by molar-refractivity contribution is 6.01. The quantitative estimate of drug-likeness (QED) is 0.503. The highest BCUT2D eigenvalue weighted by Gasteiger charge is 2.56.